The van der Waals surface area contributed by atoms with E-state index >= 15 is 0 Å². The van der Waals surface area contributed by atoms with E-state index in [9.17, 15) is 9.59 Å². The van der Waals surface area contributed by atoms with E-state index in [1.54, 1.807) is 47.2 Å². The number of hydrogen-bond acceptors (Lipinski definition) is 5. The van der Waals surface area contributed by atoms with Gasteiger partial charge in [0, 0.05) is 13.6 Å². The van der Waals surface area contributed by atoms with Crippen molar-refractivity contribution in [2.24, 2.45) is 0 Å². The van der Waals surface area contributed by atoms with Crippen LogP contribution in [0.5, 0.6) is 0 Å². The van der Waals surface area contributed by atoms with Crippen molar-refractivity contribution in [1.82, 2.24) is 10.2 Å². The Balaban J connectivity index is 2.00. The van der Waals surface area contributed by atoms with Crippen LogP contribution in [-0.2, 0) is 11.3 Å². The number of nitrogens with one attached hydrogen (secondary N) is 1. The third-order valence-corrected chi connectivity index (χ3v) is 4.71. The lowest BCUT2D eigenvalue weighted by Crippen LogP contribution is -2.47. The number of furan rings is 1. The van der Waals surface area contributed by atoms with Gasteiger partial charge in [0.15, 0.2) is 5.76 Å². The van der Waals surface area contributed by atoms with E-state index < -0.39 is 6.04 Å². The first kappa shape index (κ1) is 17.6. The summed E-state index contributed by atoms with van der Waals surface area (Å²) in [6.07, 6.45) is 4.00. The lowest BCUT2D eigenvalue weighted by molar-refractivity contribution is -0.132. The number of carbonyl (C=O) groups is 2. The van der Waals surface area contributed by atoms with Crippen LogP contribution in [0.25, 0.3) is 0 Å². The summed E-state index contributed by atoms with van der Waals surface area (Å²) in [5.74, 6) is 0.553. The van der Waals surface area contributed by atoms with Crippen LogP contribution in [0.15, 0.2) is 39.6 Å². The molecule has 0 saturated carbocycles. The predicted molar refractivity (Wildman–Crippen MR) is 93.8 cm³/mol. The first-order valence-electron chi connectivity index (χ1n) is 7.21. The molecular formula is C16H20N2O3S2. The van der Waals surface area contributed by atoms with Crippen LogP contribution < -0.4 is 5.32 Å². The van der Waals surface area contributed by atoms with Crippen molar-refractivity contribution in [2.75, 3.05) is 19.1 Å². The van der Waals surface area contributed by atoms with Gasteiger partial charge in [0.2, 0.25) is 5.91 Å². The molecule has 1 N–H and O–H groups in total. The molecule has 0 aliphatic rings. The standard InChI is InChI=1S/C16H20N2O3S2/c1-18(10-12-5-9-23-11-12)16(20)13(6-8-22-2)17-15(19)14-4-3-7-21-14/h3-5,7,9,11,13H,6,8,10H2,1-2H3,(H,17,19). The summed E-state index contributed by atoms with van der Waals surface area (Å²) in [4.78, 5) is 26.4. The van der Waals surface area contributed by atoms with Gasteiger partial charge in [0.1, 0.15) is 6.04 Å². The average Bonchev–Trinajstić information content (AvgIpc) is 3.23. The molecule has 2 heterocycles. The highest BCUT2D eigenvalue weighted by molar-refractivity contribution is 7.98. The van der Waals surface area contributed by atoms with E-state index in [0.29, 0.717) is 13.0 Å². The van der Waals surface area contributed by atoms with Crippen LogP contribution in [0.3, 0.4) is 0 Å². The smallest absolute Gasteiger partial charge is 0.287 e. The highest BCUT2D eigenvalue weighted by atomic mass is 32.2. The number of rotatable bonds is 8. The molecule has 5 nitrogen and oxygen atoms in total. The molecule has 0 aliphatic heterocycles. The number of thioether (sulfide) groups is 1. The first-order chi connectivity index (χ1) is 11.1. The van der Waals surface area contributed by atoms with Crippen molar-refractivity contribution in [2.45, 2.75) is 19.0 Å². The summed E-state index contributed by atoms with van der Waals surface area (Å²) >= 11 is 3.25. The molecule has 2 amide bonds. The molecule has 0 saturated heterocycles. The molecule has 0 aliphatic carbocycles. The van der Waals surface area contributed by atoms with Crippen molar-refractivity contribution < 1.29 is 14.0 Å². The van der Waals surface area contributed by atoms with Crippen molar-refractivity contribution in [3.8, 4) is 0 Å². The zero-order valence-corrected chi connectivity index (χ0v) is 14.8. The molecule has 2 aromatic heterocycles. The number of likely N-dealkylation sites (N-methyl/N-ethyl adjacent to an activating group) is 1. The number of hydrogen-bond donors (Lipinski definition) is 1. The van der Waals surface area contributed by atoms with Crippen LogP contribution in [0, 0.1) is 0 Å². The lowest BCUT2D eigenvalue weighted by Gasteiger charge is -2.24. The Morgan fingerprint density at radius 2 is 2.26 bits per heavy atom. The van der Waals surface area contributed by atoms with E-state index in [1.165, 1.54) is 6.26 Å². The second-order valence-corrected chi connectivity index (χ2v) is 6.88. The van der Waals surface area contributed by atoms with E-state index in [-0.39, 0.29) is 17.6 Å². The Morgan fingerprint density at radius 3 is 2.87 bits per heavy atom. The SMILES string of the molecule is CSCCC(NC(=O)c1ccco1)C(=O)N(C)Cc1ccsc1. The largest absolute Gasteiger partial charge is 0.459 e. The van der Waals surface area contributed by atoms with Crippen LogP contribution in [0.2, 0.25) is 0 Å². The van der Waals surface area contributed by atoms with Gasteiger partial charge in [-0.15, -0.1) is 0 Å². The second-order valence-electron chi connectivity index (χ2n) is 5.11. The third kappa shape index (κ3) is 5.14. The van der Waals surface area contributed by atoms with Crippen LogP contribution in [-0.4, -0.2) is 41.8 Å². The molecule has 7 heteroatoms. The molecule has 0 aromatic carbocycles. The van der Waals surface area contributed by atoms with Gasteiger partial charge < -0.3 is 14.6 Å². The second kappa shape index (κ2) is 8.79. The minimum Gasteiger partial charge on any atom is -0.459 e. The number of amides is 2. The van der Waals surface area contributed by atoms with Gasteiger partial charge in [0.25, 0.3) is 5.91 Å². The monoisotopic (exact) mass is 352 g/mol. The first-order valence-corrected chi connectivity index (χ1v) is 9.55. The van der Waals surface area contributed by atoms with Gasteiger partial charge in [0.05, 0.1) is 6.26 Å². The normalized spacial score (nSPS) is 11.9. The molecule has 124 valence electrons. The maximum atomic E-state index is 12.7. The fourth-order valence-electron chi connectivity index (χ4n) is 2.13. The molecule has 2 rings (SSSR count). The molecule has 0 radical (unpaired) electrons. The Bertz CT molecular complexity index is 611. The summed E-state index contributed by atoms with van der Waals surface area (Å²) < 4.78 is 5.09. The van der Waals surface area contributed by atoms with Crippen molar-refractivity contribution in [3.05, 3.63) is 46.5 Å². The van der Waals surface area contributed by atoms with Gasteiger partial charge in [-0.25, -0.2) is 0 Å². The Morgan fingerprint density at radius 1 is 1.43 bits per heavy atom. The quantitative estimate of drug-likeness (QED) is 0.793. The predicted octanol–water partition coefficient (Wildman–Crippen LogP) is 2.85. The summed E-state index contributed by atoms with van der Waals surface area (Å²) in [6, 6.07) is 4.67. The molecule has 1 atom stereocenters. The molecule has 0 bridgehead atoms. The van der Waals surface area contributed by atoms with Crippen molar-refractivity contribution in [3.63, 3.8) is 0 Å². The van der Waals surface area contributed by atoms with Crippen LogP contribution >= 0.6 is 23.1 Å². The highest BCUT2D eigenvalue weighted by Crippen LogP contribution is 2.11. The van der Waals surface area contributed by atoms with Gasteiger partial charge in [-0.2, -0.15) is 23.1 Å². The number of carbonyl (C=O) groups excluding carboxylic acids is 2. The number of nitrogens with zero attached hydrogens (tertiary/aromatic N) is 1. The van der Waals surface area contributed by atoms with E-state index in [4.69, 9.17) is 4.42 Å². The van der Waals surface area contributed by atoms with Gasteiger partial charge in [-0.1, -0.05) is 0 Å². The fraction of sp³-hybridized carbons (Fsp3) is 0.375. The maximum absolute atomic E-state index is 12.7. The van der Waals surface area contributed by atoms with Crippen LogP contribution in [0.1, 0.15) is 22.5 Å². The fourth-order valence-corrected chi connectivity index (χ4v) is 3.26. The van der Waals surface area contributed by atoms with E-state index in [1.807, 2.05) is 23.1 Å². The Kier molecular flexibility index (Phi) is 6.73. The summed E-state index contributed by atoms with van der Waals surface area (Å²) in [7, 11) is 1.76. The molecule has 0 spiro atoms. The van der Waals surface area contributed by atoms with E-state index in [0.717, 1.165) is 11.3 Å². The lowest BCUT2D eigenvalue weighted by atomic mass is 10.1. The van der Waals surface area contributed by atoms with E-state index in [2.05, 4.69) is 5.32 Å². The molecular weight excluding hydrogens is 332 g/mol. The van der Waals surface area contributed by atoms with Gasteiger partial charge in [-0.3, -0.25) is 9.59 Å². The topological polar surface area (TPSA) is 62.6 Å². The molecule has 0 fully saturated rings. The van der Waals surface area contributed by atoms with Crippen LogP contribution in [0.4, 0.5) is 0 Å². The van der Waals surface area contributed by atoms with Gasteiger partial charge in [-0.05, 0) is 53.0 Å². The zero-order valence-electron chi connectivity index (χ0n) is 13.2. The average molecular weight is 352 g/mol. The molecule has 2 aromatic rings. The Labute approximate surface area is 144 Å². The minimum absolute atomic E-state index is 0.0924. The summed E-state index contributed by atoms with van der Waals surface area (Å²) in [5, 5.41) is 6.78. The Hall–Kier alpha value is -1.73. The van der Waals surface area contributed by atoms with Crippen molar-refractivity contribution >= 4 is 34.9 Å². The highest BCUT2D eigenvalue weighted by Gasteiger charge is 2.25. The summed E-state index contributed by atoms with van der Waals surface area (Å²) in [5.41, 5.74) is 1.09. The maximum Gasteiger partial charge on any atom is 0.287 e. The molecule has 23 heavy (non-hydrogen) atoms. The zero-order chi connectivity index (χ0) is 16.7. The van der Waals surface area contributed by atoms with Gasteiger partial charge >= 0.3 is 0 Å². The number of thiophene rings is 1. The molecule has 1 unspecified atom stereocenters. The third-order valence-electron chi connectivity index (χ3n) is 3.34. The van der Waals surface area contributed by atoms with Crippen molar-refractivity contribution in [1.29, 1.82) is 0 Å². The minimum atomic E-state index is -0.552. The summed E-state index contributed by atoms with van der Waals surface area (Å²) in [6.45, 7) is 0.536.